The first-order chi connectivity index (χ1) is 18.0. The van der Waals surface area contributed by atoms with Crippen LogP contribution in [0.15, 0.2) is 53.9 Å². The zero-order valence-electron chi connectivity index (χ0n) is 21.5. The van der Waals surface area contributed by atoms with Crippen LogP contribution >= 0.6 is 0 Å². The number of phenolic OH excluding ortho intramolecular Hbond substituents is 1. The average Bonchev–Trinajstić information content (AvgIpc) is 3.58. The van der Waals surface area contributed by atoms with Crippen LogP contribution in [0.3, 0.4) is 0 Å². The molecule has 4 heterocycles. The monoisotopic (exact) mass is 498 g/mol. The highest BCUT2D eigenvalue weighted by Crippen LogP contribution is 2.32. The number of aromatic nitrogens is 3. The second-order valence-corrected chi connectivity index (χ2v) is 9.46. The molecule has 37 heavy (non-hydrogen) atoms. The third kappa shape index (κ3) is 5.08. The molecule has 3 aromatic heterocycles. The first-order valence-electron chi connectivity index (χ1n) is 12.8. The number of pyridine rings is 1. The van der Waals surface area contributed by atoms with Gasteiger partial charge in [-0.3, -0.25) is 0 Å². The molecule has 0 spiro atoms. The summed E-state index contributed by atoms with van der Waals surface area (Å²) in [6, 6.07) is 9.71. The number of nitrogens with two attached hydrogens (primary N) is 1. The molecule has 1 aliphatic rings. The van der Waals surface area contributed by atoms with Crippen molar-refractivity contribution in [2.75, 3.05) is 30.8 Å². The lowest BCUT2D eigenvalue weighted by Gasteiger charge is -2.17. The van der Waals surface area contributed by atoms with Crippen LogP contribution in [0.4, 0.5) is 17.2 Å². The molecule has 0 radical (unpaired) electrons. The quantitative estimate of drug-likeness (QED) is 0.182. The van der Waals surface area contributed by atoms with E-state index in [1.807, 2.05) is 36.9 Å². The molecule has 1 atom stereocenters. The molecule has 4 aromatic rings. The summed E-state index contributed by atoms with van der Waals surface area (Å²) in [5, 5.41) is 24.9. The number of hydrogen-bond donors (Lipinski definition) is 5. The summed E-state index contributed by atoms with van der Waals surface area (Å²) in [6.45, 7) is 5.93. The number of benzene rings is 1. The van der Waals surface area contributed by atoms with Gasteiger partial charge in [0.15, 0.2) is 0 Å². The Morgan fingerprint density at radius 2 is 2.14 bits per heavy atom. The van der Waals surface area contributed by atoms with Crippen molar-refractivity contribution in [2.45, 2.75) is 39.2 Å². The number of fused-ring (bicyclic) bond motifs is 1. The molecule has 1 aromatic carbocycles. The van der Waals surface area contributed by atoms with Crippen molar-refractivity contribution in [1.82, 2.24) is 19.9 Å². The summed E-state index contributed by atoms with van der Waals surface area (Å²) in [7, 11) is 1.87. The summed E-state index contributed by atoms with van der Waals surface area (Å²) in [5.74, 6) is 1.43. The molecule has 5 rings (SSSR count). The minimum atomic E-state index is 0.220. The van der Waals surface area contributed by atoms with Gasteiger partial charge < -0.3 is 26.8 Å². The van der Waals surface area contributed by atoms with Gasteiger partial charge in [0.25, 0.3) is 0 Å². The van der Waals surface area contributed by atoms with Crippen molar-refractivity contribution in [3.63, 3.8) is 0 Å². The summed E-state index contributed by atoms with van der Waals surface area (Å²) in [5.41, 5.74) is 14.0. The molecule has 9 nitrogen and oxygen atoms in total. The van der Waals surface area contributed by atoms with Crippen molar-refractivity contribution in [2.24, 2.45) is 10.7 Å². The fourth-order valence-corrected chi connectivity index (χ4v) is 4.89. The number of phenols is 1. The summed E-state index contributed by atoms with van der Waals surface area (Å²) >= 11 is 0. The molecule has 1 aliphatic heterocycles. The fraction of sp³-hybridized carbons (Fsp3) is 0.321. The number of hydrogen-bond acceptors (Lipinski definition) is 7. The fourth-order valence-electron chi connectivity index (χ4n) is 4.89. The molecule has 1 saturated heterocycles. The summed E-state index contributed by atoms with van der Waals surface area (Å²) in [6.07, 6.45) is 8.72. The van der Waals surface area contributed by atoms with E-state index in [1.165, 1.54) is 6.42 Å². The van der Waals surface area contributed by atoms with E-state index < -0.39 is 0 Å². The number of aliphatic imine (C=N–C) groups is 1. The number of nitrogens with zero attached hydrogens (tertiary/aromatic N) is 4. The molecule has 1 fully saturated rings. The smallest absolute Gasteiger partial charge is 0.135 e. The van der Waals surface area contributed by atoms with Gasteiger partial charge in [0.2, 0.25) is 0 Å². The van der Waals surface area contributed by atoms with E-state index in [9.17, 15) is 5.11 Å². The maximum absolute atomic E-state index is 9.88. The highest BCUT2D eigenvalue weighted by molar-refractivity contribution is 6.06. The van der Waals surface area contributed by atoms with Crippen LogP contribution in [0.25, 0.3) is 16.6 Å². The number of aromatic hydroxyl groups is 1. The molecule has 192 valence electrons. The lowest BCUT2D eigenvalue weighted by Crippen LogP contribution is -2.30. The molecule has 9 heteroatoms. The third-order valence-corrected chi connectivity index (χ3v) is 6.96. The van der Waals surface area contributed by atoms with Crippen LogP contribution in [-0.2, 0) is 6.42 Å². The highest BCUT2D eigenvalue weighted by atomic mass is 16.3. The van der Waals surface area contributed by atoms with Crippen molar-refractivity contribution >= 4 is 28.5 Å². The minimum Gasteiger partial charge on any atom is -0.508 e. The van der Waals surface area contributed by atoms with Gasteiger partial charge in [-0.05, 0) is 74.2 Å². The number of rotatable bonds is 8. The van der Waals surface area contributed by atoms with E-state index in [4.69, 9.17) is 10.7 Å². The third-order valence-electron chi connectivity index (χ3n) is 6.96. The van der Waals surface area contributed by atoms with Crippen LogP contribution in [0.1, 0.15) is 36.5 Å². The molecular weight excluding hydrogens is 464 g/mol. The van der Waals surface area contributed by atoms with Gasteiger partial charge in [-0.15, -0.1) is 0 Å². The first-order valence-corrected chi connectivity index (χ1v) is 12.8. The van der Waals surface area contributed by atoms with Crippen LogP contribution in [0.5, 0.6) is 5.75 Å². The Balaban J connectivity index is 1.59. The minimum absolute atomic E-state index is 0.220. The van der Waals surface area contributed by atoms with E-state index in [0.29, 0.717) is 11.9 Å². The standard InChI is InChI=1S/C28H34N8O/c1-4-18-11-21(37)7-8-24(18)35-28(29)23-15-34-36-16-19(22-14-32-26(30-3)10-17(22)2)12-25(36)27(23)33-13-20-6-5-9-31-20/h7-8,10-12,14-16,20,31,33,37H,4-6,9,13H2,1-3H3,(H2,29,35)(H,30,32). The predicted octanol–water partition coefficient (Wildman–Crippen LogP) is 4.22. The normalized spacial score (nSPS) is 15.9. The lowest BCUT2D eigenvalue weighted by atomic mass is 10.1. The summed E-state index contributed by atoms with van der Waals surface area (Å²) < 4.78 is 1.87. The van der Waals surface area contributed by atoms with Crippen molar-refractivity contribution in [1.29, 1.82) is 0 Å². The topological polar surface area (TPSA) is 125 Å². The van der Waals surface area contributed by atoms with Gasteiger partial charge in [0.1, 0.15) is 17.4 Å². The van der Waals surface area contributed by atoms with Crippen LogP contribution in [0, 0.1) is 6.92 Å². The maximum Gasteiger partial charge on any atom is 0.135 e. The first kappa shape index (κ1) is 24.6. The zero-order chi connectivity index (χ0) is 25.9. The molecule has 1 unspecified atom stereocenters. The maximum atomic E-state index is 9.88. The molecule has 0 aliphatic carbocycles. The SMILES string of the molecule is CCc1cc(O)ccc1N=C(N)c1cnn2cc(-c3cnc(NC)cc3C)cc2c1NCC1CCCN1. The van der Waals surface area contributed by atoms with Gasteiger partial charge in [-0.1, -0.05) is 6.92 Å². The highest BCUT2D eigenvalue weighted by Gasteiger charge is 2.19. The molecule has 0 bridgehead atoms. The van der Waals surface area contributed by atoms with Crippen molar-refractivity contribution in [3.8, 4) is 16.9 Å². The van der Waals surface area contributed by atoms with E-state index >= 15 is 0 Å². The lowest BCUT2D eigenvalue weighted by molar-refractivity contribution is 0.474. The number of nitrogens with one attached hydrogen (secondary N) is 3. The average molecular weight is 499 g/mol. The van der Waals surface area contributed by atoms with Crippen LogP contribution in [0.2, 0.25) is 0 Å². The van der Waals surface area contributed by atoms with E-state index in [0.717, 1.165) is 76.5 Å². The van der Waals surface area contributed by atoms with Gasteiger partial charge in [0, 0.05) is 43.2 Å². The van der Waals surface area contributed by atoms with E-state index in [1.54, 1.807) is 24.4 Å². The number of amidine groups is 1. The molecular formula is C28H34N8O. The van der Waals surface area contributed by atoms with E-state index in [2.05, 4.69) is 39.0 Å². The second-order valence-electron chi connectivity index (χ2n) is 9.46. The Kier molecular flexibility index (Phi) is 6.96. The Morgan fingerprint density at radius 1 is 1.27 bits per heavy atom. The number of aryl methyl sites for hydroxylation is 2. The Bertz CT molecular complexity index is 1450. The Morgan fingerprint density at radius 3 is 2.86 bits per heavy atom. The Hall–Kier alpha value is -4.11. The number of anilines is 2. The Labute approximate surface area is 216 Å². The van der Waals surface area contributed by atoms with Gasteiger partial charge in [-0.2, -0.15) is 5.10 Å². The van der Waals surface area contributed by atoms with Crippen LogP contribution in [-0.4, -0.2) is 51.7 Å². The van der Waals surface area contributed by atoms with Gasteiger partial charge in [-0.25, -0.2) is 14.5 Å². The van der Waals surface area contributed by atoms with E-state index in [-0.39, 0.29) is 5.75 Å². The molecule has 0 saturated carbocycles. The van der Waals surface area contributed by atoms with Crippen molar-refractivity contribution < 1.29 is 5.11 Å². The van der Waals surface area contributed by atoms with Gasteiger partial charge >= 0.3 is 0 Å². The molecule has 0 amide bonds. The second kappa shape index (κ2) is 10.5. The molecule has 6 N–H and O–H groups in total. The largest absolute Gasteiger partial charge is 0.508 e. The van der Waals surface area contributed by atoms with Gasteiger partial charge in [0.05, 0.1) is 28.7 Å². The summed E-state index contributed by atoms with van der Waals surface area (Å²) in [4.78, 5) is 9.26. The van der Waals surface area contributed by atoms with Crippen LogP contribution < -0.4 is 21.7 Å². The van der Waals surface area contributed by atoms with Crippen molar-refractivity contribution in [3.05, 3.63) is 65.6 Å². The predicted molar refractivity (Wildman–Crippen MR) is 150 cm³/mol. The zero-order valence-corrected chi connectivity index (χ0v) is 21.5.